The molecular weight excluding hydrogens is 136 g/mol. The van der Waals surface area contributed by atoms with Gasteiger partial charge in [-0.25, -0.2) is 4.79 Å². The summed E-state index contributed by atoms with van der Waals surface area (Å²) in [6.07, 6.45) is 1.70. The molecule has 2 amide bonds. The number of carbonyl (C=O) groups excluding carboxylic acids is 1. The van der Waals surface area contributed by atoms with E-state index in [2.05, 4.69) is 0 Å². The van der Waals surface area contributed by atoms with Crippen molar-refractivity contribution in [2.75, 3.05) is 0 Å². The number of carbonyl (C=O) groups is 1. The Morgan fingerprint density at radius 3 is 2.78 bits per heavy atom. The third kappa shape index (κ3) is 1.38. The van der Waals surface area contributed by atoms with E-state index in [-0.39, 0.29) is 0 Å². The van der Waals surface area contributed by atoms with Gasteiger partial charge in [0.25, 0.3) is 0 Å². The van der Waals surface area contributed by atoms with Gasteiger partial charge in [-0.2, -0.15) is 0 Å². The van der Waals surface area contributed by atoms with Gasteiger partial charge in [-0.05, 0) is 6.92 Å². The minimum Gasteiger partial charge on any atom is -0.351 e. The van der Waals surface area contributed by atoms with Crippen LogP contribution in [0.1, 0.15) is 6.92 Å². The molecule has 3 nitrogen and oxygen atoms in total. The molecule has 0 fully saturated rings. The van der Waals surface area contributed by atoms with Crippen LogP contribution in [0.3, 0.4) is 0 Å². The summed E-state index contributed by atoms with van der Waals surface area (Å²) in [6.45, 7) is 1.92. The molecule has 2 N–H and O–H groups in total. The molecule has 1 heterocycles. The maximum atomic E-state index is 10.4. The highest BCUT2D eigenvalue weighted by atomic mass is 32.2. The molecule has 1 aliphatic heterocycles. The average Bonchev–Trinajstić information content (AvgIpc) is 2.14. The van der Waals surface area contributed by atoms with Crippen LogP contribution in [-0.4, -0.2) is 10.9 Å². The maximum Gasteiger partial charge on any atom is 0.319 e. The topological polar surface area (TPSA) is 46.3 Å². The first-order valence-electron chi connectivity index (χ1n) is 2.46. The van der Waals surface area contributed by atoms with Gasteiger partial charge in [0, 0.05) is 11.1 Å². The second-order valence-electron chi connectivity index (χ2n) is 1.71. The summed E-state index contributed by atoms with van der Waals surface area (Å²) in [4.78, 5) is 12.8. The number of urea groups is 1. The van der Waals surface area contributed by atoms with E-state index in [9.17, 15) is 4.79 Å². The molecule has 0 unspecified atom stereocenters. The van der Waals surface area contributed by atoms with Gasteiger partial charge in [-0.15, -0.1) is 11.8 Å². The second kappa shape index (κ2) is 2.31. The van der Waals surface area contributed by atoms with Crippen LogP contribution in [0.25, 0.3) is 0 Å². The van der Waals surface area contributed by atoms with Crippen LogP contribution in [0.15, 0.2) is 11.1 Å². The van der Waals surface area contributed by atoms with Crippen molar-refractivity contribution in [2.24, 2.45) is 5.73 Å². The van der Waals surface area contributed by atoms with Gasteiger partial charge in [0.1, 0.15) is 5.88 Å². The predicted molar refractivity (Wildman–Crippen MR) is 37.1 cm³/mol. The van der Waals surface area contributed by atoms with Crippen LogP contribution >= 0.6 is 11.8 Å². The SMILES string of the molecule is CC1=CN(C(N)=O)[CH]S1. The Hall–Kier alpha value is -0.640. The van der Waals surface area contributed by atoms with E-state index in [1.165, 1.54) is 16.7 Å². The number of amides is 2. The van der Waals surface area contributed by atoms with Crippen molar-refractivity contribution in [1.29, 1.82) is 0 Å². The molecule has 0 spiro atoms. The summed E-state index contributed by atoms with van der Waals surface area (Å²) >= 11 is 1.49. The average molecular weight is 143 g/mol. The Morgan fingerprint density at radius 2 is 2.56 bits per heavy atom. The van der Waals surface area contributed by atoms with E-state index >= 15 is 0 Å². The summed E-state index contributed by atoms with van der Waals surface area (Å²) in [5.74, 6) is 1.68. The van der Waals surface area contributed by atoms with E-state index in [1.54, 1.807) is 12.1 Å². The molecule has 9 heavy (non-hydrogen) atoms. The molecule has 49 valence electrons. The van der Waals surface area contributed by atoms with Gasteiger partial charge in [0.2, 0.25) is 0 Å². The fourth-order valence-electron chi connectivity index (χ4n) is 0.512. The predicted octanol–water partition coefficient (Wildman–Crippen LogP) is 1.09. The number of hydrogen-bond acceptors (Lipinski definition) is 2. The zero-order valence-electron chi connectivity index (χ0n) is 5.00. The molecule has 0 saturated heterocycles. The lowest BCUT2D eigenvalue weighted by atomic mass is 10.6. The van der Waals surface area contributed by atoms with Crippen LogP contribution in [0, 0.1) is 5.88 Å². The van der Waals surface area contributed by atoms with Gasteiger partial charge >= 0.3 is 6.03 Å². The van der Waals surface area contributed by atoms with Crippen molar-refractivity contribution in [3.05, 3.63) is 17.0 Å². The summed E-state index contributed by atoms with van der Waals surface area (Å²) < 4.78 is 0. The fraction of sp³-hybridized carbons (Fsp3) is 0.200. The number of hydrogen-bond donors (Lipinski definition) is 1. The Bertz CT molecular complexity index is 166. The van der Waals surface area contributed by atoms with E-state index < -0.39 is 6.03 Å². The largest absolute Gasteiger partial charge is 0.351 e. The van der Waals surface area contributed by atoms with Crippen LogP contribution < -0.4 is 5.73 Å². The van der Waals surface area contributed by atoms with Gasteiger partial charge < -0.3 is 5.73 Å². The first kappa shape index (κ1) is 6.48. The standard InChI is InChI=1S/C5H7N2OS/c1-4-2-7(3-9-4)5(6)8/h2-3H,1H3,(H2,6,8). The normalized spacial score (nSPS) is 17.9. The quantitative estimate of drug-likeness (QED) is 0.551. The molecule has 1 aliphatic rings. The van der Waals surface area contributed by atoms with E-state index in [0.717, 1.165) is 4.91 Å². The smallest absolute Gasteiger partial charge is 0.319 e. The molecule has 1 radical (unpaired) electrons. The van der Waals surface area contributed by atoms with Crippen molar-refractivity contribution in [2.45, 2.75) is 6.92 Å². The van der Waals surface area contributed by atoms with Crippen molar-refractivity contribution in [1.82, 2.24) is 4.90 Å². The molecular formula is C5H7N2OS. The first-order valence-corrected chi connectivity index (χ1v) is 3.34. The van der Waals surface area contributed by atoms with E-state index in [4.69, 9.17) is 5.73 Å². The van der Waals surface area contributed by atoms with Crippen molar-refractivity contribution in [3.8, 4) is 0 Å². The number of primary amides is 1. The zero-order valence-corrected chi connectivity index (χ0v) is 5.81. The van der Waals surface area contributed by atoms with E-state index in [1.807, 2.05) is 6.92 Å². The third-order valence-electron chi connectivity index (χ3n) is 0.928. The van der Waals surface area contributed by atoms with Gasteiger partial charge in [0.15, 0.2) is 0 Å². The molecule has 0 aromatic heterocycles. The minimum atomic E-state index is -0.431. The highest BCUT2D eigenvalue weighted by molar-refractivity contribution is 8.05. The lowest BCUT2D eigenvalue weighted by molar-refractivity contribution is 0.234. The Morgan fingerprint density at radius 1 is 1.89 bits per heavy atom. The van der Waals surface area contributed by atoms with Gasteiger partial charge in [-0.3, -0.25) is 4.90 Å². The Kier molecular flexibility index (Phi) is 1.66. The minimum absolute atomic E-state index is 0.431. The van der Waals surface area contributed by atoms with Crippen molar-refractivity contribution >= 4 is 17.8 Å². The molecule has 0 aromatic rings. The molecule has 0 atom stereocenters. The number of rotatable bonds is 0. The zero-order chi connectivity index (χ0) is 6.85. The highest BCUT2D eigenvalue weighted by Crippen LogP contribution is 2.27. The van der Waals surface area contributed by atoms with Crippen molar-refractivity contribution < 1.29 is 4.79 Å². The highest BCUT2D eigenvalue weighted by Gasteiger charge is 2.13. The molecule has 1 rings (SSSR count). The Balaban J connectivity index is 2.57. The van der Waals surface area contributed by atoms with Crippen LogP contribution in [-0.2, 0) is 0 Å². The fourth-order valence-corrected chi connectivity index (χ4v) is 1.13. The lowest BCUT2D eigenvalue weighted by Gasteiger charge is -2.04. The van der Waals surface area contributed by atoms with Crippen LogP contribution in [0.2, 0.25) is 0 Å². The van der Waals surface area contributed by atoms with Crippen LogP contribution in [0.5, 0.6) is 0 Å². The molecule has 4 heteroatoms. The van der Waals surface area contributed by atoms with Gasteiger partial charge in [-0.1, -0.05) is 0 Å². The van der Waals surface area contributed by atoms with E-state index in [0.29, 0.717) is 0 Å². The summed E-state index contributed by atoms with van der Waals surface area (Å²) in [5, 5.41) is 0. The summed E-state index contributed by atoms with van der Waals surface area (Å²) in [7, 11) is 0. The summed E-state index contributed by atoms with van der Waals surface area (Å²) in [6, 6.07) is -0.431. The van der Waals surface area contributed by atoms with Gasteiger partial charge in [0.05, 0.1) is 0 Å². The van der Waals surface area contributed by atoms with Crippen molar-refractivity contribution in [3.63, 3.8) is 0 Å². The monoisotopic (exact) mass is 143 g/mol. The number of allylic oxidation sites excluding steroid dienone is 1. The lowest BCUT2D eigenvalue weighted by Crippen LogP contribution is -2.26. The third-order valence-corrected chi connectivity index (χ3v) is 1.74. The van der Waals surface area contributed by atoms with Crippen LogP contribution in [0.4, 0.5) is 4.79 Å². The summed E-state index contributed by atoms with van der Waals surface area (Å²) in [5.41, 5.74) is 4.96. The molecule has 0 saturated carbocycles. The molecule has 0 bridgehead atoms. The first-order chi connectivity index (χ1) is 4.20. The molecule has 0 aliphatic carbocycles. The maximum absolute atomic E-state index is 10.4. The number of nitrogens with zero attached hydrogens (tertiary/aromatic N) is 1. The molecule has 0 aromatic carbocycles. The Labute approximate surface area is 57.9 Å². The second-order valence-corrected chi connectivity index (χ2v) is 2.80. The number of thioether (sulfide) groups is 1. The number of nitrogens with two attached hydrogens (primary N) is 1.